The van der Waals surface area contributed by atoms with Crippen molar-refractivity contribution in [3.63, 3.8) is 0 Å². The Kier molecular flexibility index (Phi) is 5.47. The molecule has 0 saturated carbocycles. The fraction of sp³-hybridized carbons (Fsp3) is 0.182. The molecular formula is C11H9N5O6. The third kappa shape index (κ3) is 3.97. The van der Waals surface area contributed by atoms with Gasteiger partial charge in [0.05, 0.1) is 22.5 Å². The maximum atomic E-state index is 11.3. The van der Waals surface area contributed by atoms with E-state index in [1.807, 2.05) is 0 Å². The highest BCUT2D eigenvalue weighted by atomic mass is 16.6. The van der Waals surface area contributed by atoms with Gasteiger partial charge in [-0.15, -0.1) is 0 Å². The number of nitrogens with zero attached hydrogens (tertiary/aromatic N) is 4. The van der Waals surface area contributed by atoms with Gasteiger partial charge in [0, 0.05) is 6.07 Å². The summed E-state index contributed by atoms with van der Waals surface area (Å²) in [6.07, 6.45) is 0. The van der Waals surface area contributed by atoms with Gasteiger partial charge in [0.1, 0.15) is 11.8 Å². The topological polar surface area (TPSA) is 161 Å². The van der Waals surface area contributed by atoms with Gasteiger partial charge in [0.25, 0.3) is 5.69 Å². The summed E-state index contributed by atoms with van der Waals surface area (Å²) >= 11 is 0. The van der Waals surface area contributed by atoms with Crippen molar-refractivity contribution in [1.29, 1.82) is 5.26 Å². The number of hydrogen-bond acceptors (Lipinski definition) is 9. The average Bonchev–Trinajstić information content (AvgIpc) is 2.47. The molecule has 0 radical (unpaired) electrons. The van der Waals surface area contributed by atoms with E-state index in [0.717, 1.165) is 18.2 Å². The van der Waals surface area contributed by atoms with Crippen LogP contribution in [0.15, 0.2) is 23.3 Å². The Balaban J connectivity index is 3.12. The van der Waals surface area contributed by atoms with Gasteiger partial charge in [-0.2, -0.15) is 10.4 Å². The molecule has 11 heteroatoms. The lowest BCUT2D eigenvalue weighted by Gasteiger charge is -2.03. The Morgan fingerprint density at radius 3 is 2.59 bits per heavy atom. The second kappa shape index (κ2) is 7.29. The van der Waals surface area contributed by atoms with Crippen LogP contribution in [0.2, 0.25) is 0 Å². The summed E-state index contributed by atoms with van der Waals surface area (Å²) in [5.74, 6) is -0.998. The molecule has 0 fully saturated rings. The number of nitro groups is 2. The van der Waals surface area contributed by atoms with Crippen LogP contribution in [0.1, 0.15) is 6.92 Å². The van der Waals surface area contributed by atoms with Crippen molar-refractivity contribution in [3.05, 3.63) is 38.4 Å². The summed E-state index contributed by atoms with van der Waals surface area (Å²) in [7, 11) is 0. The Bertz CT molecular complexity index is 693. The number of rotatable bonds is 6. The molecule has 0 aromatic heterocycles. The number of carbonyl (C=O) groups is 1. The van der Waals surface area contributed by atoms with E-state index in [-0.39, 0.29) is 12.3 Å². The third-order valence-corrected chi connectivity index (χ3v) is 2.25. The molecule has 0 amide bonds. The number of benzene rings is 1. The molecule has 114 valence electrons. The number of hydrogen-bond donors (Lipinski definition) is 1. The molecule has 0 aliphatic rings. The van der Waals surface area contributed by atoms with Gasteiger partial charge in [-0.1, -0.05) is 0 Å². The number of nitrogens with one attached hydrogen (secondary N) is 1. The average molecular weight is 307 g/mol. The maximum absolute atomic E-state index is 11.3. The van der Waals surface area contributed by atoms with E-state index >= 15 is 0 Å². The van der Waals surface area contributed by atoms with Gasteiger partial charge in [-0.25, -0.2) is 4.79 Å². The van der Waals surface area contributed by atoms with Crippen LogP contribution in [-0.4, -0.2) is 28.1 Å². The van der Waals surface area contributed by atoms with E-state index in [0.29, 0.717) is 0 Å². The van der Waals surface area contributed by atoms with Crippen molar-refractivity contribution in [1.82, 2.24) is 0 Å². The van der Waals surface area contributed by atoms with E-state index in [1.165, 1.54) is 13.0 Å². The highest BCUT2D eigenvalue weighted by Gasteiger charge is 2.20. The lowest BCUT2D eigenvalue weighted by atomic mass is 10.2. The largest absolute Gasteiger partial charge is 0.461 e. The third-order valence-electron chi connectivity index (χ3n) is 2.25. The van der Waals surface area contributed by atoms with Crippen LogP contribution in [0.25, 0.3) is 0 Å². The van der Waals surface area contributed by atoms with Crippen molar-refractivity contribution < 1.29 is 19.4 Å². The first-order valence-corrected chi connectivity index (χ1v) is 5.74. The monoisotopic (exact) mass is 307 g/mol. The Labute approximate surface area is 123 Å². The molecule has 0 aliphatic heterocycles. The second-order valence-electron chi connectivity index (χ2n) is 3.62. The minimum atomic E-state index is -0.998. The van der Waals surface area contributed by atoms with Crippen molar-refractivity contribution in [2.24, 2.45) is 5.10 Å². The van der Waals surface area contributed by atoms with Crippen molar-refractivity contribution in [2.45, 2.75) is 6.92 Å². The van der Waals surface area contributed by atoms with Crippen molar-refractivity contribution >= 4 is 28.7 Å². The normalized spacial score (nSPS) is 10.5. The quantitative estimate of drug-likeness (QED) is 0.356. The number of hydrazone groups is 1. The van der Waals surface area contributed by atoms with E-state index in [2.05, 4.69) is 15.3 Å². The molecule has 1 rings (SSSR count). The number of esters is 1. The summed E-state index contributed by atoms with van der Waals surface area (Å²) in [5, 5.41) is 33.6. The molecule has 0 atom stereocenters. The molecule has 0 aliphatic carbocycles. The molecule has 1 aromatic carbocycles. The van der Waals surface area contributed by atoms with Gasteiger partial charge in [-0.3, -0.25) is 25.7 Å². The first kappa shape index (κ1) is 16.5. The molecule has 0 bridgehead atoms. The zero-order valence-electron chi connectivity index (χ0n) is 11.2. The standard InChI is InChI=1S/C11H9N5O6/c1-2-22-11(17)9(6-12)14-13-8-4-3-7(15(18)19)5-10(8)16(20)21/h3-5,13H,2H2,1H3/b14-9-. The summed E-state index contributed by atoms with van der Waals surface area (Å²) in [4.78, 5) is 31.1. The molecular weight excluding hydrogens is 298 g/mol. The molecule has 22 heavy (non-hydrogen) atoms. The smallest absolute Gasteiger partial charge is 0.369 e. The highest BCUT2D eigenvalue weighted by Crippen LogP contribution is 2.28. The molecule has 0 spiro atoms. The fourth-order valence-electron chi connectivity index (χ4n) is 1.31. The fourth-order valence-corrected chi connectivity index (χ4v) is 1.31. The van der Waals surface area contributed by atoms with Crippen LogP contribution in [0, 0.1) is 31.6 Å². The minimum Gasteiger partial charge on any atom is -0.461 e. The summed E-state index contributed by atoms with van der Waals surface area (Å²) in [5.41, 5.74) is 0.187. The number of ether oxygens (including phenoxy) is 1. The summed E-state index contributed by atoms with van der Waals surface area (Å²) in [6.45, 7) is 1.55. The SMILES string of the molecule is CCOC(=O)/C(C#N)=N\Nc1ccc([N+](=O)[O-])cc1[N+](=O)[O-]. The molecule has 0 saturated heterocycles. The highest BCUT2D eigenvalue weighted by molar-refractivity contribution is 6.43. The molecule has 1 aromatic rings. The van der Waals surface area contributed by atoms with E-state index < -0.39 is 32.9 Å². The van der Waals surface area contributed by atoms with Gasteiger partial charge < -0.3 is 4.74 Å². The van der Waals surface area contributed by atoms with Crippen LogP contribution in [0.4, 0.5) is 17.1 Å². The molecule has 0 heterocycles. The minimum absolute atomic E-state index is 0.0250. The predicted molar refractivity (Wildman–Crippen MR) is 73.1 cm³/mol. The number of carbonyl (C=O) groups excluding carboxylic acids is 1. The number of non-ortho nitro benzene ring substituents is 1. The first-order valence-electron chi connectivity index (χ1n) is 5.74. The number of nitro benzene ring substituents is 2. The Morgan fingerprint density at radius 1 is 1.41 bits per heavy atom. The second-order valence-corrected chi connectivity index (χ2v) is 3.62. The molecule has 1 N–H and O–H groups in total. The van der Waals surface area contributed by atoms with Gasteiger partial charge in [0.2, 0.25) is 5.71 Å². The van der Waals surface area contributed by atoms with Gasteiger partial charge in [0.15, 0.2) is 0 Å². The molecule has 0 unspecified atom stereocenters. The Morgan fingerprint density at radius 2 is 2.09 bits per heavy atom. The van der Waals surface area contributed by atoms with Crippen LogP contribution in [0.3, 0.4) is 0 Å². The van der Waals surface area contributed by atoms with Crippen molar-refractivity contribution in [2.75, 3.05) is 12.0 Å². The van der Waals surface area contributed by atoms with Crippen LogP contribution >= 0.6 is 0 Å². The van der Waals surface area contributed by atoms with Crippen LogP contribution in [0.5, 0.6) is 0 Å². The van der Waals surface area contributed by atoms with E-state index in [1.54, 1.807) is 0 Å². The van der Waals surface area contributed by atoms with Crippen molar-refractivity contribution in [3.8, 4) is 6.07 Å². The van der Waals surface area contributed by atoms with Crippen LogP contribution < -0.4 is 5.43 Å². The van der Waals surface area contributed by atoms with Crippen LogP contribution in [-0.2, 0) is 9.53 Å². The number of anilines is 1. The zero-order chi connectivity index (χ0) is 16.7. The molecule has 11 nitrogen and oxygen atoms in total. The van der Waals surface area contributed by atoms with Gasteiger partial charge in [-0.05, 0) is 13.0 Å². The lowest BCUT2D eigenvalue weighted by molar-refractivity contribution is -0.393. The summed E-state index contributed by atoms with van der Waals surface area (Å²) in [6, 6.07) is 4.26. The Hall–Kier alpha value is -3.55. The maximum Gasteiger partial charge on any atom is 0.369 e. The van der Waals surface area contributed by atoms with E-state index in [9.17, 15) is 25.0 Å². The predicted octanol–water partition coefficient (Wildman–Crippen LogP) is 1.36. The van der Waals surface area contributed by atoms with E-state index in [4.69, 9.17) is 5.26 Å². The lowest BCUT2D eigenvalue weighted by Crippen LogP contribution is -2.17. The first-order chi connectivity index (χ1) is 10.4. The zero-order valence-corrected chi connectivity index (χ0v) is 11.2. The van der Waals surface area contributed by atoms with Gasteiger partial charge >= 0.3 is 11.7 Å². The number of nitriles is 1. The summed E-state index contributed by atoms with van der Waals surface area (Å²) < 4.78 is 4.56.